The van der Waals surface area contributed by atoms with E-state index in [0.29, 0.717) is 18.3 Å². The highest BCUT2D eigenvalue weighted by molar-refractivity contribution is 6.17. The number of halogens is 1. The molecule has 0 aliphatic rings. The largest absolute Gasteiger partial charge is 0.485 e. The Bertz CT molecular complexity index is 471. The molecular weight excluding hydrogens is 228 g/mol. The Labute approximate surface area is 98.0 Å². The van der Waals surface area contributed by atoms with Crippen molar-refractivity contribution in [2.75, 3.05) is 0 Å². The molecule has 5 nitrogen and oxygen atoms in total. The second-order valence-electron chi connectivity index (χ2n) is 3.26. The zero-order valence-corrected chi connectivity index (χ0v) is 9.55. The summed E-state index contributed by atoms with van der Waals surface area (Å²) in [6.45, 7) is 0.305. The molecule has 0 bridgehead atoms. The smallest absolute Gasteiger partial charge is 0.212 e. The number of alkyl halides is 1. The minimum absolute atomic E-state index is 0.305. The van der Waals surface area contributed by atoms with Gasteiger partial charge in [0.05, 0.1) is 7.05 Å². The summed E-state index contributed by atoms with van der Waals surface area (Å²) >= 11 is 5.73. The van der Waals surface area contributed by atoms with Gasteiger partial charge in [0.1, 0.15) is 5.75 Å². The van der Waals surface area contributed by atoms with E-state index in [4.69, 9.17) is 16.3 Å². The summed E-state index contributed by atoms with van der Waals surface area (Å²) in [7, 11) is 1.71. The van der Waals surface area contributed by atoms with E-state index >= 15 is 0 Å². The predicted molar refractivity (Wildman–Crippen MR) is 59.1 cm³/mol. The Morgan fingerprint density at radius 2 is 2.31 bits per heavy atom. The molecule has 0 spiro atoms. The molecule has 6 heteroatoms. The molecule has 2 rings (SSSR count). The maximum atomic E-state index is 5.73. The Balaban J connectivity index is 1.99. The summed E-state index contributed by atoms with van der Waals surface area (Å²) in [6.07, 6.45) is 0. The molecule has 0 saturated heterocycles. The predicted octanol–water partition coefficient (Wildman–Crippen LogP) is 1.53. The van der Waals surface area contributed by atoms with Crippen LogP contribution >= 0.6 is 11.6 Å². The van der Waals surface area contributed by atoms with Gasteiger partial charge >= 0.3 is 0 Å². The number of rotatable bonds is 4. The SMILES string of the molecule is Cn1nnc(COc2cccc(CCl)c2)n1. The second-order valence-corrected chi connectivity index (χ2v) is 3.53. The van der Waals surface area contributed by atoms with Crippen LogP contribution in [0.5, 0.6) is 5.75 Å². The van der Waals surface area contributed by atoms with Crippen molar-refractivity contribution in [2.24, 2.45) is 7.05 Å². The summed E-state index contributed by atoms with van der Waals surface area (Å²) in [6, 6.07) is 7.60. The van der Waals surface area contributed by atoms with Crippen LogP contribution in [-0.4, -0.2) is 20.2 Å². The maximum absolute atomic E-state index is 5.73. The van der Waals surface area contributed by atoms with Crippen LogP contribution in [0, 0.1) is 0 Å². The summed E-state index contributed by atoms with van der Waals surface area (Å²) < 4.78 is 5.51. The first-order valence-corrected chi connectivity index (χ1v) is 5.32. The lowest BCUT2D eigenvalue weighted by Crippen LogP contribution is -1.99. The van der Waals surface area contributed by atoms with E-state index < -0.39 is 0 Å². The fourth-order valence-electron chi connectivity index (χ4n) is 1.25. The van der Waals surface area contributed by atoms with Crippen molar-refractivity contribution in [3.8, 4) is 5.75 Å². The number of aromatic nitrogens is 4. The molecule has 2 aromatic rings. The van der Waals surface area contributed by atoms with Gasteiger partial charge in [-0.05, 0) is 22.9 Å². The van der Waals surface area contributed by atoms with Crippen LogP contribution in [-0.2, 0) is 19.5 Å². The number of nitrogens with zero attached hydrogens (tertiary/aromatic N) is 4. The van der Waals surface area contributed by atoms with Gasteiger partial charge in [-0.3, -0.25) is 0 Å². The Kier molecular flexibility index (Phi) is 3.36. The average molecular weight is 239 g/mol. The number of hydrogen-bond acceptors (Lipinski definition) is 4. The van der Waals surface area contributed by atoms with Gasteiger partial charge < -0.3 is 4.74 Å². The van der Waals surface area contributed by atoms with Gasteiger partial charge in [0.25, 0.3) is 0 Å². The van der Waals surface area contributed by atoms with Gasteiger partial charge in [0.2, 0.25) is 5.82 Å². The van der Waals surface area contributed by atoms with Crippen molar-refractivity contribution < 1.29 is 4.74 Å². The summed E-state index contributed by atoms with van der Waals surface area (Å²) in [5.41, 5.74) is 1.02. The van der Waals surface area contributed by atoms with Crippen LogP contribution in [0.25, 0.3) is 0 Å². The van der Waals surface area contributed by atoms with E-state index in [1.165, 1.54) is 4.80 Å². The molecule has 1 aromatic carbocycles. The minimum Gasteiger partial charge on any atom is -0.485 e. The Morgan fingerprint density at radius 3 is 3.00 bits per heavy atom. The molecule has 0 radical (unpaired) electrons. The molecule has 0 aliphatic carbocycles. The monoisotopic (exact) mass is 238 g/mol. The van der Waals surface area contributed by atoms with Crippen molar-refractivity contribution in [1.29, 1.82) is 0 Å². The highest BCUT2D eigenvalue weighted by Gasteiger charge is 2.02. The van der Waals surface area contributed by atoms with E-state index in [0.717, 1.165) is 11.3 Å². The molecule has 16 heavy (non-hydrogen) atoms. The standard InChI is InChI=1S/C10H11ClN4O/c1-15-13-10(12-14-15)7-16-9-4-2-3-8(5-9)6-11/h2-5H,6-7H2,1H3. The van der Waals surface area contributed by atoms with Crippen LogP contribution in [0.1, 0.15) is 11.4 Å². The molecule has 0 atom stereocenters. The third-order valence-electron chi connectivity index (χ3n) is 1.97. The van der Waals surface area contributed by atoms with Crippen LogP contribution in [0.4, 0.5) is 0 Å². The van der Waals surface area contributed by atoms with Gasteiger partial charge in [-0.1, -0.05) is 12.1 Å². The molecule has 84 valence electrons. The van der Waals surface area contributed by atoms with Gasteiger partial charge in [0, 0.05) is 5.88 Å². The van der Waals surface area contributed by atoms with Gasteiger partial charge in [0.15, 0.2) is 6.61 Å². The van der Waals surface area contributed by atoms with Crippen LogP contribution in [0.15, 0.2) is 24.3 Å². The number of aryl methyl sites for hydroxylation is 1. The summed E-state index contributed by atoms with van der Waals surface area (Å²) in [5, 5.41) is 11.6. The lowest BCUT2D eigenvalue weighted by molar-refractivity contribution is 0.295. The highest BCUT2D eigenvalue weighted by Crippen LogP contribution is 2.15. The Morgan fingerprint density at radius 1 is 1.44 bits per heavy atom. The normalized spacial score (nSPS) is 10.4. The van der Waals surface area contributed by atoms with Gasteiger partial charge in [-0.2, -0.15) is 4.80 Å². The quantitative estimate of drug-likeness (QED) is 0.758. The van der Waals surface area contributed by atoms with Crippen LogP contribution in [0.2, 0.25) is 0 Å². The van der Waals surface area contributed by atoms with Crippen molar-refractivity contribution in [3.63, 3.8) is 0 Å². The molecule has 0 amide bonds. The van der Waals surface area contributed by atoms with Crippen LogP contribution < -0.4 is 4.74 Å². The number of benzene rings is 1. The zero-order chi connectivity index (χ0) is 11.4. The molecule has 0 saturated carbocycles. The first-order chi connectivity index (χ1) is 7.78. The van der Waals surface area contributed by atoms with Crippen molar-refractivity contribution in [1.82, 2.24) is 20.2 Å². The molecule has 1 heterocycles. The highest BCUT2D eigenvalue weighted by atomic mass is 35.5. The fourth-order valence-corrected chi connectivity index (χ4v) is 1.41. The fraction of sp³-hybridized carbons (Fsp3) is 0.300. The van der Waals surface area contributed by atoms with Gasteiger partial charge in [-0.15, -0.1) is 21.8 Å². The third kappa shape index (κ3) is 2.70. The topological polar surface area (TPSA) is 52.8 Å². The van der Waals surface area contributed by atoms with Crippen molar-refractivity contribution in [2.45, 2.75) is 12.5 Å². The molecule has 0 unspecified atom stereocenters. The van der Waals surface area contributed by atoms with E-state index in [-0.39, 0.29) is 0 Å². The first kappa shape index (κ1) is 10.9. The van der Waals surface area contributed by atoms with E-state index in [1.54, 1.807) is 7.05 Å². The maximum Gasteiger partial charge on any atom is 0.212 e. The number of hydrogen-bond donors (Lipinski definition) is 0. The number of ether oxygens (including phenoxy) is 1. The lowest BCUT2D eigenvalue weighted by Gasteiger charge is -2.04. The number of tetrazole rings is 1. The molecule has 0 fully saturated rings. The van der Waals surface area contributed by atoms with E-state index in [1.807, 2.05) is 24.3 Å². The second kappa shape index (κ2) is 4.94. The van der Waals surface area contributed by atoms with Crippen molar-refractivity contribution >= 4 is 11.6 Å². The molecular formula is C10H11ClN4O. The van der Waals surface area contributed by atoms with E-state index in [9.17, 15) is 0 Å². The average Bonchev–Trinajstić information content (AvgIpc) is 2.73. The van der Waals surface area contributed by atoms with Crippen molar-refractivity contribution in [3.05, 3.63) is 35.7 Å². The van der Waals surface area contributed by atoms with E-state index in [2.05, 4.69) is 15.4 Å². The minimum atomic E-state index is 0.305. The van der Waals surface area contributed by atoms with Crippen LogP contribution in [0.3, 0.4) is 0 Å². The first-order valence-electron chi connectivity index (χ1n) is 4.78. The molecule has 0 N–H and O–H groups in total. The van der Waals surface area contributed by atoms with Gasteiger partial charge in [-0.25, -0.2) is 0 Å². The molecule has 0 aliphatic heterocycles. The zero-order valence-electron chi connectivity index (χ0n) is 8.80. The lowest BCUT2D eigenvalue weighted by atomic mass is 10.2. The summed E-state index contributed by atoms with van der Waals surface area (Å²) in [5.74, 6) is 1.78. The Hall–Kier alpha value is -1.62. The molecule has 1 aromatic heterocycles. The summed E-state index contributed by atoms with van der Waals surface area (Å²) in [4.78, 5) is 1.40. The third-order valence-corrected chi connectivity index (χ3v) is 2.28.